The summed E-state index contributed by atoms with van der Waals surface area (Å²) in [6.45, 7) is 13.6. The molecule has 0 spiro atoms. The normalized spacial score (nSPS) is 33.0. The van der Waals surface area contributed by atoms with Crippen LogP contribution in [0.2, 0.25) is 0 Å². The summed E-state index contributed by atoms with van der Waals surface area (Å²) < 4.78 is 0. The smallest absolute Gasteiger partial charge is 0.320 e. The highest BCUT2D eigenvalue weighted by atomic mass is 16.3. The minimum atomic E-state index is -1.12. The zero-order chi connectivity index (χ0) is 33.4. The van der Waals surface area contributed by atoms with Crippen molar-refractivity contribution >= 4 is 6.03 Å². The van der Waals surface area contributed by atoms with E-state index >= 15 is 0 Å². The molecule has 10 atom stereocenters. The number of carbonyl (C=O) groups excluding carboxylic acids is 1. The molecule has 3 aliphatic rings. The molecule has 6 unspecified atom stereocenters. The Morgan fingerprint density at radius 3 is 1.30 bits per heavy atom. The van der Waals surface area contributed by atoms with Crippen LogP contribution in [0.25, 0.3) is 0 Å². The van der Waals surface area contributed by atoms with Gasteiger partial charge in [0.2, 0.25) is 0 Å². The zero-order valence-corrected chi connectivity index (χ0v) is 28.8. The topological polar surface area (TPSA) is 104 Å². The lowest BCUT2D eigenvalue weighted by atomic mass is 9.91. The summed E-state index contributed by atoms with van der Waals surface area (Å²) in [5.74, 6) is 1.53. The zero-order valence-electron chi connectivity index (χ0n) is 28.8. The second-order valence-corrected chi connectivity index (χ2v) is 16.0. The molecule has 254 valence electrons. The SMILES string of the molecule is CC(O)CC1C(CCN2C(=O)N(CCC3C(CC(C)O)C3(C)C)[C@H](Cc3ccccc3)[C@H](O)[C@@H](O)[C@H]2Cc2ccccc2)C1(C)C. The number of nitrogens with zero attached hydrogens (tertiary/aromatic N) is 2. The van der Waals surface area contributed by atoms with Crippen molar-refractivity contribution in [1.82, 2.24) is 9.80 Å². The Morgan fingerprint density at radius 1 is 0.630 bits per heavy atom. The molecule has 7 heteroatoms. The van der Waals surface area contributed by atoms with Crippen LogP contribution in [0.1, 0.15) is 78.4 Å². The van der Waals surface area contributed by atoms with Crippen molar-refractivity contribution in [3.63, 3.8) is 0 Å². The van der Waals surface area contributed by atoms with Crippen molar-refractivity contribution in [3.05, 3.63) is 71.8 Å². The van der Waals surface area contributed by atoms with Crippen molar-refractivity contribution in [2.75, 3.05) is 13.1 Å². The number of aliphatic hydroxyl groups excluding tert-OH is 4. The number of rotatable bonds is 14. The molecular formula is C39H58N2O5. The van der Waals surface area contributed by atoms with Gasteiger partial charge in [-0.15, -0.1) is 0 Å². The van der Waals surface area contributed by atoms with E-state index in [1.165, 1.54) is 0 Å². The number of hydrogen-bond acceptors (Lipinski definition) is 5. The van der Waals surface area contributed by atoms with Gasteiger partial charge in [-0.3, -0.25) is 0 Å². The maximum atomic E-state index is 14.9. The van der Waals surface area contributed by atoms with E-state index in [1.807, 2.05) is 84.3 Å². The van der Waals surface area contributed by atoms with Gasteiger partial charge in [0.15, 0.2) is 0 Å². The van der Waals surface area contributed by atoms with Crippen molar-refractivity contribution in [2.24, 2.45) is 34.5 Å². The van der Waals surface area contributed by atoms with E-state index in [2.05, 4.69) is 27.7 Å². The summed E-state index contributed by atoms with van der Waals surface area (Å²) in [7, 11) is 0. The number of carbonyl (C=O) groups is 1. The van der Waals surface area contributed by atoms with Crippen LogP contribution >= 0.6 is 0 Å². The molecule has 46 heavy (non-hydrogen) atoms. The van der Waals surface area contributed by atoms with Gasteiger partial charge >= 0.3 is 6.03 Å². The monoisotopic (exact) mass is 634 g/mol. The van der Waals surface area contributed by atoms with Crippen LogP contribution in [0.3, 0.4) is 0 Å². The predicted octanol–water partition coefficient (Wildman–Crippen LogP) is 5.53. The highest BCUT2D eigenvalue weighted by Crippen LogP contribution is 2.63. The van der Waals surface area contributed by atoms with E-state index in [0.29, 0.717) is 49.6 Å². The molecule has 5 rings (SSSR count). The number of hydrogen-bond donors (Lipinski definition) is 4. The number of aliphatic hydroxyl groups is 4. The van der Waals surface area contributed by atoms with Crippen molar-refractivity contribution in [2.45, 2.75) is 117 Å². The van der Waals surface area contributed by atoms with Gasteiger partial charge in [-0.1, -0.05) is 88.4 Å². The molecule has 7 nitrogen and oxygen atoms in total. The molecule has 1 heterocycles. The fourth-order valence-electron chi connectivity index (χ4n) is 9.06. The van der Waals surface area contributed by atoms with E-state index < -0.39 is 24.3 Å². The number of amides is 2. The highest BCUT2D eigenvalue weighted by Gasteiger charge is 2.58. The van der Waals surface area contributed by atoms with Gasteiger partial charge in [0, 0.05) is 13.1 Å². The summed E-state index contributed by atoms with van der Waals surface area (Å²) in [6.07, 6.45) is 0.994. The first-order valence-corrected chi connectivity index (χ1v) is 17.6. The summed E-state index contributed by atoms with van der Waals surface area (Å²) in [4.78, 5) is 18.6. The van der Waals surface area contributed by atoms with Crippen LogP contribution in [0.4, 0.5) is 4.79 Å². The Bertz CT molecular complexity index is 1180. The van der Waals surface area contributed by atoms with E-state index in [4.69, 9.17) is 0 Å². The molecule has 2 aliphatic carbocycles. The van der Waals surface area contributed by atoms with Crippen molar-refractivity contribution in [1.29, 1.82) is 0 Å². The van der Waals surface area contributed by atoms with Crippen LogP contribution in [-0.4, -0.2) is 85.8 Å². The molecule has 0 bridgehead atoms. The van der Waals surface area contributed by atoms with E-state index in [0.717, 1.165) is 36.8 Å². The predicted molar refractivity (Wildman–Crippen MR) is 182 cm³/mol. The van der Waals surface area contributed by atoms with Gasteiger partial charge in [0.1, 0.15) is 12.2 Å². The van der Waals surface area contributed by atoms with Gasteiger partial charge in [0.05, 0.1) is 24.3 Å². The quantitative estimate of drug-likeness (QED) is 0.219. The minimum Gasteiger partial charge on any atom is -0.393 e. The van der Waals surface area contributed by atoms with Gasteiger partial charge in [-0.05, 0) is 98.0 Å². The van der Waals surface area contributed by atoms with Gasteiger partial charge in [-0.25, -0.2) is 4.79 Å². The van der Waals surface area contributed by atoms with Crippen LogP contribution in [0.15, 0.2) is 60.7 Å². The Hall–Kier alpha value is -2.45. The van der Waals surface area contributed by atoms with Crippen LogP contribution in [0, 0.1) is 34.5 Å². The summed E-state index contributed by atoms with van der Waals surface area (Å²) >= 11 is 0. The lowest BCUT2D eigenvalue weighted by molar-refractivity contribution is -0.0399. The lowest BCUT2D eigenvalue weighted by Gasteiger charge is -2.36. The van der Waals surface area contributed by atoms with Gasteiger partial charge in [0.25, 0.3) is 0 Å². The molecule has 1 aliphatic heterocycles. The molecule has 0 aromatic heterocycles. The number of benzene rings is 2. The average molecular weight is 635 g/mol. The minimum absolute atomic E-state index is 0.0882. The third-order valence-electron chi connectivity index (χ3n) is 12.1. The first-order valence-electron chi connectivity index (χ1n) is 17.6. The standard InChI is InChI=1S/C39H58N2O5/c1-25(42)21-31-29(38(31,3)4)17-19-40-33(23-27-13-9-7-10-14-27)35(44)36(45)34(24-28-15-11-8-12-16-28)41(37(40)46)20-18-30-32(22-26(2)43)39(30,5)6/h7-16,25-26,29-36,42-45H,17-24H2,1-6H3/t25?,26?,29?,30?,31?,32?,33-,34-,35+,36+/m1/s1. The van der Waals surface area contributed by atoms with Crippen LogP contribution in [0.5, 0.6) is 0 Å². The molecule has 0 radical (unpaired) electrons. The highest BCUT2D eigenvalue weighted by molar-refractivity contribution is 5.76. The average Bonchev–Trinajstić information content (AvgIpc) is 3.75. The summed E-state index contributed by atoms with van der Waals surface area (Å²) in [6, 6.07) is 18.6. The van der Waals surface area contributed by atoms with E-state index in [1.54, 1.807) is 0 Å². The Kier molecular flexibility index (Phi) is 10.6. The fourth-order valence-corrected chi connectivity index (χ4v) is 9.06. The Morgan fingerprint density at radius 2 is 0.978 bits per heavy atom. The second-order valence-electron chi connectivity index (χ2n) is 16.0. The molecule has 3 fully saturated rings. The van der Waals surface area contributed by atoms with E-state index in [9.17, 15) is 25.2 Å². The first kappa shape index (κ1) is 34.9. The second kappa shape index (κ2) is 14.0. The molecule has 2 aromatic rings. The maximum absolute atomic E-state index is 14.9. The fraction of sp³-hybridized carbons (Fsp3) is 0.667. The number of urea groups is 1. The van der Waals surface area contributed by atoms with Gasteiger partial charge < -0.3 is 30.2 Å². The third kappa shape index (κ3) is 7.48. The van der Waals surface area contributed by atoms with Crippen molar-refractivity contribution < 1.29 is 25.2 Å². The molecule has 2 aromatic carbocycles. The Balaban J connectivity index is 1.46. The largest absolute Gasteiger partial charge is 0.393 e. The van der Waals surface area contributed by atoms with Crippen molar-refractivity contribution in [3.8, 4) is 0 Å². The van der Waals surface area contributed by atoms with E-state index in [-0.39, 0.29) is 29.1 Å². The summed E-state index contributed by atoms with van der Waals surface area (Å²) in [5.41, 5.74) is 2.21. The molecule has 1 saturated heterocycles. The molecular weight excluding hydrogens is 576 g/mol. The Labute approximate surface area is 276 Å². The molecule has 4 N–H and O–H groups in total. The van der Waals surface area contributed by atoms with Crippen LogP contribution < -0.4 is 0 Å². The molecule has 2 amide bonds. The van der Waals surface area contributed by atoms with Crippen LogP contribution in [-0.2, 0) is 12.8 Å². The molecule has 2 saturated carbocycles. The lowest BCUT2D eigenvalue weighted by Crippen LogP contribution is -2.51. The summed E-state index contributed by atoms with van der Waals surface area (Å²) in [5, 5.41) is 44.2. The first-order chi connectivity index (χ1) is 21.7. The van der Waals surface area contributed by atoms with Gasteiger partial charge in [-0.2, -0.15) is 0 Å². The maximum Gasteiger partial charge on any atom is 0.320 e. The third-order valence-corrected chi connectivity index (χ3v) is 12.1.